The van der Waals surface area contributed by atoms with E-state index in [1.54, 1.807) is 0 Å². The Morgan fingerprint density at radius 1 is 1.38 bits per heavy atom. The Morgan fingerprint density at radius 2 is 2.23 bits per heavy atom. The number of aromatic nitrogens is 1. The van der Waals surface area contributed by atoms with Crippen LogP contribution in [0.4, 0.5) is 0 Å². The van der Waals surface area contributed by atoms with E-state index in [1.807, 2.05) is 13.1 Å². The highest BCUT2D eigenvalue weighted by Gasteiger charge is 2.07. The second-order valence-electron chi connectivity index (χ2n) is 3.49. The molecule has 2 rings (SSSR count). The molecule has 0 saturated heterocycles. The first-order valence-electron chi connectivity index (χ1n) is 4.61. The van der Waals surface area contributed by atoms with Gasteiger partial charge in [-0.2, -0.15) is 0 Å². The highest BCUT2D eigenvalue weighted by atomic mass is 14.9. The zero-order valence-electron chi connectivity index (χ0n) is 8.09. The van der Waals surface area contributed by atoms with Crippen LogP contribution in [0.25, 0.3) is 5.57 Å². The third kappa shape index (κ3) is 1.63. The molecule has 0 saturated carbocycles. The molecule has 2 nitrogen and oxygen atoms in total. The maximum Gasteiger partial charge on any atom is 0.0402 e. The summed E-state index contributed by atoms with van der Waals surface area (Å²) in [6.45, 7) is 6.11. The third-order valence-electron chi connectivity index (χ3n) is 2.52. The van der Waals surface area contributed by atoms with Gasteiger partial charge in [0.1, 0.15) is 0 Å². The molecule has 1 aromatic heterocycles. The number of aryl methyl sites for hydroxylation is 2. The summed E-state index contributed by atoms with van der Waals surface area (Å²) in [4.78, 5) is 4.35. The van der Waals surface area contributed by atoms with Crippen LogP contribution in [0, 0.1) is 13.8 Å². The molecule has 0 spiro atoms. The van der Waals surface area contributed by atoms with Crippen LogP contribution in [0.15, 0.2) is 18.3 Å². The second kappa shape index (κ2) is 3.30. The van der Waals surface area contributed by atoms with Gasteiger partial charge in [0.15, 0.2) is 0 Å². The van der Waals surface area contributed by atoms with E-state index in [-0.39, 0.29) is 0 Å². The average molecular weight is 174 g/mol. The molecule has 13 heavy (non-hydrogen) atoms. The highest BCUT2D eigenvalue weighted by Crippen LogP contribution is 2.17. The molecule has 68 valence electrons. The maximum atomic E-state index is 4.35. The zero-order chi connectivity index (χ0) is 9.26. The first-order chi connectivity index (χ1) is 6.27. The standard InChI is InChI=1S/C11H14N2/c1-8-5-11(7-13-9(8)2)10-3-4-12-6-10/h3,5,7,12H,4,6H2,1-2H3. The molecule has 2 heterocycles. The fourth-order valence-corrected chi connectivity index (χ4v) is 1.51. The van der Waals surface area contributed by atoms with Crippen molar-refractivity contribution in [2.75, 3.05) is 13.1 Å². The Hall–Kier alpha value is -1.15. The topological polar surface area (TPSA) is 24.9 Å². The minimum absolute atomic E-state index is 0.976. The monoisotopic (exact) mass is 174 g/mol. The van der Waals surface area contributed by atoms with E-state index in [4.69, 9.17) is 0 Å². The van der Waals surface area contributed by atoms with Gasteiger partial charge in [0.2, 0.25) is 0 Å². The van der Waals surface area contributed by atoms with Crippen LogP contribution < -0.4 is 5.32 Å². The van der Waals surface area contributed by atoms with Gasteiger partial charge >= 0.3 is 0 Å². The third-order valence-corrected chi connectivity index (χ3v) is 2.52. The van der Waals surface area contributed by atoms with Crippen LogP contribution in [-0.2, 0) is 0 Å². The van der Waals surface area contributed by atoms with Crippen molar-refractivity contribution in [1.29, 1.82) is 0 Å². The molecule has 0 amide bonds. The van der Waals surface area contributed by atoms with Crippen molar-refractivity contribution in [1.82, 2.24) is 10.3 Å². The summed E-state index contributed by atoms with van der Waals surface area (Å²) < 4.78 is 0. The van der Waals surface area contributed by atoms with Crippen molar-refractivity contribution in [2.24, 2.45) is 0 Å². The van der Waals surface area contributed by atoms with E-state index in [2.05, 4.69) is 29.4 Å². The van der Waals surface area contributed by atoms with E-state index in [9.17, 15) is 0 Å². The van der Waals surface area contributed by atoms with Gasteiger partial charge in [0.25, 0.3) is 0 Å². The first kappa shape index (κ1) is 8.45. The first-order valence-corrected chi connectivity index (χ1v) is 4.61. The molecular formula is C11H14N2. The summed E-state index contributed by atoms with van der Waals surface area (Å²) in [6.07, 6.45) is 4.19. The van der Waals surface area contributed by atoms with Crippen molar-refractivity contribution in [3.8, 4) is 0 Å². The van der Waals surface area contributed by atoms with Crippen LogP contribution in [0.2, 0.25) is 0 Å². The van der Waals surface area contributed by atoms with Gasteiger partial charge in [-0.3, -0.25) is 4.98 Å². The summed E-state index contributed by atoms with van der Waals surface area (Å²) in [5.41, 5.74) is 5.02. The van der Waals surface area contributed by atoms with Crippen molar-refractivity contribution in [2.45, 2.75) is 13.8 Å². The molecular weight excluding hydrogens is 160 g/mol. The van der Waals surface area contributed by atoms with Crippen LogP contribution in [0.1, 0.15) is 16.8 Å². The number of nitrogens with one attached hydrogen (secondary N) is 1. The van der Waals surface area contributed by atoms with Gasteiger partial charge in [-0.15, -0.1) is 0 Å². The fourth-order valence-electron chi connectivity index (χ4n) is 1.51. The number of pyridine rings is 1. The lowest BCUT2D eigenvalue weighted by atomic mass is 10.1. The second-order valence-corrected chi connectivity index (χ2v) is 3.49. The van der Waals surface area contributed by atoms with Gasteiger partial charge in [0, 0.05) is 25.0 Å². The average Bonchev–Trinajstić information content (AvgIpc) is 2.62. The molecule has 2 heteroatoms. The van der Waals surface area contributed by atoms with Crippen molar-refractivity contribution in [3.05, 3.63) is 35.2 Å². The molecule has 1 N–H and O–H groups in total. The highest BCUT2D eigenvalue weighted by molar-refractivity contribution is 5.68. The van der Waals surface area contributed by atoms with Crippen molar-refractivity contribution < 1.29 is 0 Å². The number of hydrogen-bond donors (Lipinski definition) is 1. The van der Waals surface area contributed by atoms with Gasteiger partial charge in [0.05, 0.1) is 0 Å². The Morgan fingerprint density at radius 3 is 2.85 bits per heavy atom. The van der Waals surface area contributed by atoms with Gasteiger partial charge in [-0.1, -0.05) is 6.08 Å². The van der Waals surface area contributed by atoms with E-state index >= 15 is 0 Å². The van der Waals surface area contributed by atoms with Crippen LogP contribution in [-0.4, -0.2) is 18.1 Å². The minimum atomic E-state index is 0.976. The molecule has 1 aliphatic rings. The van der Waals surface area contributed by atoms with E-state index in [0.717, 1.165) is 18.8 Å². The lowest BCUT2D eigenvalue weighted by molar-refractivity contribution is 0.897. The largest absolute Gasteiger partial charge is 0.309 e. The number of hydrogen-bond acceptors (Lipinski definition) is 2. The fraction of sp³-hybridized carbons (Fsp3) is 0.364. The Balaban J connectivity index is 2.36. The summed E-state index contributed by atoms with van der Waals surface area (Å²) in [6, 6.07) is 2.21. The normalized spacial score (nSPS) is 16.0. The quantitative estimate of drug-likeness (QED) is 0.700. The number of nitrogens with zero attached hydrogens (tertiary/aromatic N) is 1. The van der Waals surface area contributed by atoms with Gasteiger partial charge < -0.3 is 5.32 Å². The molecule has 0 radical (unpaired) electrons. The summed E-state index contributed by atoms with van der Waals surface area (Å²) in [5.74, 6) is 0. The Kier molecular flexibility index (Phi) is 2.15. The summed E-state index contributed by atoms with van der Waals surface area (Å²) >= 11 is 0. The van der Waals surface area contributed by atoms with Crippen molar-refractivity contribution >= 4 is 5.57 Å². The van der Waals surface area contributed by atoms with E-state index in [0.29, 0.717) is 0 Å². The molecule has 1 aromatic rings. The van der Waals surface area contributed by atoms with Gasteiger partial charge in [-0.05, 0) is 36.6 Å². The zero-order valence-corrected chi connectivity index (χ0v) is 8.09. The molecule has 0 unspecified atom stereocenters. The minimum Gasteiger partial charge on any atom is -0.309 e. The number of rotatable bonds is 1. The molecule has 0 aromatic carbocycles. The molecule has 1 aliphatic heterocycles. The SMILES string of the molecule is Cc1cc(C2=CCNC2)cnc1C. The molecule has 0 aliphatic carbocycles. The van der Waals surface area contributed by atoms with Crippen LogP contribution >= 0.6 is 0 Å². The summed E-state index contributed by atoms with van der Waals surface area (Å²) in [7, 11) is 0. The predicted octanol–water partition coefficient (Wildman–Crippen LogP) is 1.69. The van der Waals surface area contributed by atoms with Crippen LogP contribution in [0.3, 0.4) is 0 Å². The lowest BCUT2D eigenvalue weighted by Crippen LogP contribution is -2.07. The van der Waals surface area contributed by atoms with Crippen molar-refractivity contribution in [3.63, 3.8) is 0 Å². The summed E-state index contributed by atoms with van der Waals surface area (Å²) in [5, 5.41) is 3.28. The smallest absolute Gasteiger partial charge is 0.0402 e. The predicted molar refractivity (Wildman–Crippen MR) is 54.6 cm³/mol. The van der Waals surface area contributed by atoms with Crippen LogP contribution in [0.5, 0.6) is 0 Å². The molecule has 0 bridgehead atoms. The van der Waals surface area contributed by atoms with Gasteiger partial charge in [-0.25, -0.2) is 0 Å². The lowest BCUT2D eigenvalue weighted by Gasteiger charge is -2.04. The Bertz CT molecular complexity index is 353. The Labute approximate surface area is 78.7 Å². The van der Waals surface area contributed by atoms with E-state index in [1.165, 1.54) is 16.7 Å². The molecule has 0 atom stereocenters. The molecule has 0 fully saturated rings. The maximum absolute atomic E-state index is 4.35. The van der Waals surface area contributed by atoms with E-state index < -0.39 is 0 Å².